The van der Waals surface area contributed by atoms with Crippen LogP contribution in [0.1, 0.15) is 12.5 Å². The van der Waals surface area contributed by atoms with Crippen LogP contribution in [0.4, 0.5) is 0 Å². The lowest BCUT2D eigenvalue weighted by Gasteiger charge is -2.09. The molecule has 2 aromatic rings. The molecule has 0 spiro atoms. The Kier molecular flexibility index (Phi) is 3.79. The number of hydrogen-bond acceptors (Lipinski definition) is 4. The van der Waals surface area contributed by atoms with E-state index in [0.29, 0.717) is 5.56 Å². The van der Waals surface area contributed by atoms with Crippen LogP contribution in [0.2, 0.25) is 0 Å². The SMILES string of the molecule is CC(N=C=O)S(=O)(=O)Cc1cccc2ccccc12. The summed E-state index contributed by atoms with van der Waals surface area (Å²) in [7, 11) is -3.50. The minimum Gasteiger partial charge on any atom is -0.226 e. The first kappa shape index (κ1) is 13.5. The zero-order valence-corrected chi connectivity index (χ0v) is 11.2. The normalized spacial score (nSPS) is 12.9. The van der Waals surface area contributed by atoms with Gasteiger partial charge in [0.1, 0.15) is 0 Å². The maximum absolute atomic E-state index is 12.1. The highest BCUT2D eigenvalue weighted by Gasteiger charge is 2.21. The van der Waals surface area contributed by atoms with Crippen molar-refractivity contribution in [1.82, 2.24) is 0 Å². The molecule has 0 saturated heterocycles. The van der Waals surface area contributed by atoms with Gasteiger partial charge in [-0.1, -0.05) is 42.5 Å². The number of rotatable bonds is 4. The Labute approximate surface area is 111 Å². The van der Waals surface area contributed by atoms with Gasteiger partial charge in [-0.2, -0.15) is 4.99 Å². The molecule has 0 bridgehead atoms. The fraction of sp³-hybridized carbons (Fsp3) is 0.214. The summed E-state index contributed by atoms with van der Waals surface area (Å²) < 4.78 is 24.1. The van der Waals surface area contributed by atoms with Crippen LogP contribution >= 0.6 is 0 Å². The highest BCUT2D eigenvalue weighted by Crippen LogP contribution is 2.22. The second-order valence-corrected chi connectivity index (χ2v) is 6.56. The van der Waals surface area contributed by atoms with Crippen molar-refractivity contribution >= 4 is 26.7 Å². The first-order valence-corrected chi connectivity index (χ1v) is 7.51. The van der Waals surface area contributed by atoms with Crippen LogP contribution in [0.15, 0.2) is 47.5 Å². The molecule has 2 aromatic carbocycles. The topological polar surface area (TPSA) is 63.6 Å². The molecule has 2 rings (SSSR count). The largest absolute Gasteiger partial charge is 0.236 e. The summed E-state index contributed by atoms with van der Waals surface area (Å²) in [5.41, 5.74) is 0.714. The molecule has 0 amide bonds. The van der Waals surface area contributed by atoms with Crippen LogP contribution in [0.3, 0.4) is 0 Å². The van der Waals surface area contributed by atoms with Crippen LogP contribution in [0, 0.1) is 0 Å². The average molecular weight is 275 g/mol. The van der Waals surface area contributed by atoms with Crippen LogP contribution in [0.25, 0.3) is 10.8 Å². The predicted molar refractivity (Wildman–Crippen MR) is 74.2 cm³/mol. The molecule has 0 aromatic heterocycles. The molecule has 0 aliphatic carbocycles. The van der Waals surface area contributed by atoms with Gasteiger partial charge in [-0.05, 0) is 23.3 Å². The first-order valence-electron chi connectivity index (χ1n) is 5.80. The van der Waals surface area contributed by atoms with E-state index in [1.54, 1.807) is 6.07 Å². The summed E-state index contributed by atoms with van der Waals surface area (Å²) in [5, 5.41) is 0.821. The van der Waals surface area contributed by atoms with Crippen LogP contribution in [-0.4, -0.2) is 19.9 Å². The Morgan fingerprint density at radius 2 is 1.84 bits per heavy atom. The number of aliphatic imine (C=N–C) groups is 1. The minimum atomic E-state index is -3.50. The molecule has 1 atom stereocenters. The molecule has 0 radical (unpaired) electrons. The van der Waals surface area contributed by atoms with Crippen molar-refractivity contribution in [3.63, 3.8) is 0 Å². The summed E-state index contributed by atoms with van der Waals surface area (Å²) in [5.74, 6) is -0.138. The Balaban J connectivity index is 2.44. The summed E-state index contributed by atoms with van der Waals surface area (Å²) in [6.07, 6.45) is 1.29. The van der Waals surface area contributed by atoms with E-state index < -0.39 is 15.2 Å². The molecule has 0 aliphatic heterocycles. The first-order chi connectivity index (χ1) is 9.04. The van der Waals surface area contributed by atoms with Gasteiger partial charge in [-0.25, -0.2) is 13.2 Å². The second kappa shape index (κ2) is 5.34. The van der Waals surface area contributed by atoms with Gasteiger partial charge in [0.15, 0.2) is 15.2 Å². The molecule has 5 heteroatoms. The molecule has 1 unspecified atom stereocenters. The third kappa shape index (κ3) is 2.89. The summed E-state index contributed by atoms with van der Waals surface area (Å²) >= 11 is 0. The number of carbonyl (C=O) groups excluding carboxylic acids is 1. The third-order valence-corrected chi connectivity index (χ3v) is 4.85. The molecule has 0 fully saturated rings. The molecule has 0 N–H and O–H groups in total. The summed E-state index contributed by atoms with van der Waals surface area (Å²) in [6, 6.07) is 13.1. The maximum atomic E-state index is 12.1. The standard InChI is InChI=1S/C14H13NO3S/c1-11(15-10-16)19(17,18)9-13-7-4-6-12-5-2-3-8-14(12)13/h2-8,11H,9H2,1H3. The molecule has 98 valence electrons. The minimum absolute atomic E-state index is 0.138. The van der Waals surface area contributed by atoms with Gasteiger partial charge in [-0.15, -0.1) is 0 Å². The van der Waals surface area contributed by atoms with Crippen LogP contribution in [0.5, 0.6) is 0 Å². The Morgan fingerprint density at radius 3 is 2.58 bits per heavy atom. The number of benzene rings is 2. The molecule has 0 heterocycles. The molecule has 0 saturated carbocycles. The van der Waals surface area contributed by atoms with Gasteiger partial charge in [-0.3, -0.25) is 0 Å². The van der Waals surface area contributed by atoms with Crippen molar-refractivity contribution in [3.05, 3.63) is 48.0 Å². The molecule has 0 aliphatic rings. The number of hydrogen-bond donors (Lipinski definition) is 0. The number of isocyanates is 1. The molecule has 19 heavy (non-hydrogen) atoms. The van der Waals surface area contributed by atoms with E-state index in [2.05, 4.69) is 4.99 Å². The summed E-state index contributed by atoms with van der Waals surface area (Å²) in [6.45, 7) is 1.38. The maximum Gasteiger partial charge on any atom is 0.236 e. The van der Waals surface area contributed by atoms with Gasteiger partial charge >= 0.3 is 0 Å². The monoisotopic (exact) mass is 275 g/mol. The zero-order chi connectivity index (χ0) is 13.9. The lowest BCUT2D eigenvalue weighted by molar-refractivity contribution is 0.558. The number of sulfone groups is 1. The lowest BCUT2D eigenvalue weighted by atomic mass is 10.1. The number of fused-ring (bicyclic) bond motifs is 1. The van der Waals surface area contributed by atoms with Gasteiger partial charge in [0, 0.05) is 0 Å². The van der Waals surface area contributed by atoms with E-state index >= 15 is 0 Å². The smallest absolute Gasteiger partial charge is 0.226 e. The predicted octanol–water partition coefficient (Wildman–Crippen LogP) is 2.44. The summed E-state index contributed by atoms with van der Waals surface area (Å²) in [4.78, 5) is 13.4. The average Bonchev–Trinajstić information content (AvgIpc) is 2.39. The van der Waals surface area contributed by atoms with Crippen molar-refractivity contribution < 1.29 is 13.2 Å². The van der Waals surface area contributed by atoms with E-state index in [0.717, 1.165) is 10.8 Å². The van der Waals surface area contributed by atoms with E-state index in [-0.39, 0.29) is 5.75 Å². The highest BCUT2D eigenvalue weighted by molar-refractivity contribution is 7.91. The fourth-order valence-corrected chi connectivity index (χ4v) is 3.04. The van der Waals surface area contributed by atoms with Crippen molar-refractivity contribution in [2.75, 3.05) is 0 Å². The quantitative estimate of drug-likeness (QED) is 0.636. The van der Waals surface area contributed by atoms with E-state index in [1.165, 1.54) is 13.0 Å². The third-order valence-electron chi connectivity index (χ3n) is 2.99. The van der Waals surface area contributed by atoms with Gasteiger partial charge in [0.05, 0.1) is 5.75 Å². The molecular formula is C14H13NO3S. The van der Waals surface area contributed by atoms with E-state index in [4.69, 9.17) is 0 Å². The molecular weight excluding hydrogens is 262 g/mol. The van der Waals surface area contributed by atoms with Gasteiger partial charge < -0.3 is 0 Å². The Bertz CT molecular complexity index is 741. The second-order valence-electron chi connectivity index (χ2n) is 4.27. The van der Waals surface area contributed by atoms with Crippen molar-refractivity contribution in [1.29, 1.82) is 0 Å². The van der Waals surface area contributed by atoms with E-state index in [1.807, 2.05) is 36.4 Å². The van der Waals surface area contributed by atoms with Crippen LogP contribution < -0.4 is 0 Å². The van der Waals surface area contributed by atoms with Gasteiger partial charge in [0.2, 0.25) is 6.08 Å². The van der Waals surface area contributed by atoms with Crippen LogP contribution in [-0.2, 0) is 20.4 Å². The highest BCUT2D eigenvalue weighted by atomic mass is 32.2. The van der Waals surface area contributed by atoms with Crippen molar-refractivity contribution in [2.45, 2.75) is 18.1 Å². The Morgan fingerprint density at radius 1 is 1.16 bits per heavy atom. The fourth-order valence-electron chi connectivity index (χ4n) is 1.91. The zero-order valence-electron chi connectivity index (χ0n) is 10.4. The lowest BCUT2D eigenvalue weighted by Crippen LogP contribution is -2.17. The molecule has 4 nitrogen and oxygen atoms in total. The van der Waals surface area contributed by atoms with Gasteiger partial charge in [0.25, 0.3) is 0 Å². The Hall–Kier alpha value is -1.97. The van der Waals surface area contributed by atoms with Crippen molar-refractivity contribution in [2.24, 2.45) is 4.99 Å². The number of nitrogens with zero attached hydrogens (tertiary/aromatic N) is 1. The van der Waals surface area contributed by atoms with E-state index in [9.17, 15) is 13.2 Å². The van der Waals surface area contributed by atoms with Crippen molar-refractivity contribution in [3.8, 4) is 0 Å².